The molecule has 1 aliphatic carbocycles. The van der Waals surface area contributed by atoms with E-state index < -0.39 is 0 Å². The van der Waals surface area contributed by atoms with E-state index in [1.54, 1.807) is 10.9 Å². The summed E-state index contributed by atoms with van der Waals surface area (Å²) in [6.07, 6.45) is 4.32. The molecule has 0 unspecified atom stereocenters. The van der Waals surface area contributed by atoms with E-state index in [9.17, 15) is 0 Å². The molecule has 0 bridgehead atoms. The van der Waals surface area contributed by atoms with Crippen molar-refractivity contribution in [2.24, 2.45) is 7.05 Å². The predicted molar refractivity (Wildman–Crippen MR) is 77.1 cm³/mol. The van der Waals surface area contributed by atoms with Crippen LogP contribution in [0.4, 0.5) is 0 Å². The largest absolute Gasteiger partial charge is 0.419 e. The van der Waals surface area contributed by atoms with Crippen LogP contribution >= 0.6 is 11.6 Å². The average Bonchev–Trinajstić information content (AvgIpc) is 3.17. The van der Waals surface area contributed by atoms with Gasteiger partial charge in [-0.15, -0.1) is 0 Å². The van der Waals surface area contributed by atoms with Crippen molar-refractivity contribution in [3.05, 3.63) is 34.6 Å². The lowest BCUT2D eigenvalue weighted by molar-refractivity contribution is 0.415. The van der Waals surface area contributed by atoms with E-state index in [2.05, 4.69) is 15.4 Å². The maximum absolute atomic E-state index is 6.22. The molecule has 2 aromatic heterocycles. The molecule has 0 amide bonds. The first-order valence-electron chi connectivity index (χ1n) is 6.68. The molecule has 0 radical (unpaired) electrons. The second-order valence-electron chi connectivity index (χ2n) is 5.14. The Morgan fingerprint density at radius 2 is 2.25 bits per heavy atom. The number of pyridine rings is 1. The van der Waals surface area contributed by atoms with E-state index in [1.165, 1.54) is 12.8 Å². The summed E-state index contributed by atoms with van der Waals surface area (Å²) in [6.45, 7) is 2.71. The number of hydrogen-bond donors (Lipinski definition) is 1. The van der Waals surface area contributed by atoms with Crippen molar-refractivity contribution in [3.8, 4) is 11.8 Å². The number of nitrogens with zero attached hydrogens (tertiary/aromatic N) is 3. The summed E-state index contributed by atoms with van der Waals surface area (Å²) < 4.78 is 7.35. The molecular formula is C14H17ClN4O. The fourth-order valence-corrected chi connectivity index (χ4v) is 2.20. The van der Waals surface area contributed by atoms with Crippen molar-refractivity contribution in [1.82, 2.24) is 20.1 Å². The van der Waals surface area contributed by atoms with Crippen LogP contribution in [0.1, 0.15) is 24.1 Å². The molecule has 106 valence electrons. The van der Waals surface area contributed by atoms with Gasteiger partial charge in [0.15, 0.2) is 0 Å². The fourth-order valence-electron chi connectivity index (χ4n) is 1.97. The standard InChI is InChI=1S/C14H17ClN4O/c1-9-5-13(19(2)18-9)20-14-12(15)6-10(8-17-14)7-16-11-3-4-11/h5-6,8,11,16H,3-4,7H2,1-2H3. The lowest BCUT2D eigenvalue weighted by Crippen LogP contribution is -2.15. The Morgan fingerprint density at radius 1 is 1.45 bits per heavy atom. The first kappa shape index (κ1) is 13.4. The summed E-state index contributed by atoms with van der Waals surface area (Å²) in [7, 11) is 1.82. The van der Waals surface area contributed by atoms with Gasteiger partial charge in [0.05, 0.1) is 5.69 Å². The minimum atomic E-state index is 0.407. The van der Waals surface area contributed by atoms with E-state index >= 15 is 0 Å². The lowest BCUT2D eigenvalue weighted by atomic mass is 10.3. The van der Waals surface area contributed by atoms with Crippen LogP contribution in [0.2, 0.25) is 5.02 Å². The second kappa shape index (κ2) is 5.42. The van der Waals surface area contributed by atoms with Crippen LogP contribution in [0.15, 0.2) is 18.3 Å². The van der Waals surface area contributed by atoms with Crippen molar-refractivity contribution >= 4 is 11.6 Å². The molecule has 0 atom stereocenters. The van der Waals surface area contributed by atoms with E-state index in [4.69, 9.17) is 16.3 Å². The Balaban J connectivity index is 1.71. The molecule has 1 aliphatic rings. The van der Waals surface area contributed by atoms with Gasteiger partial charge in [-0.25, -0.2) is 9.67 Å². The maximum atomic E-state index is 6.22. The molecule has 1 fully saturated rings. The molecule has 2 aromatic rings. The maximum Gasteiger partial charge on any atom is 0.240 e. The van der Waals surface area contributed by atoms with E-state index in [0.717, 1.165) is 17.8 Å². The van der Waals surface area contributed by atoms with Crippen LogP contribution in [0.25, 0.3) is 0 Å². The number of ether oxygens (including phenoxy) is 1. The molecule has 2 heterocycles. The van der Waals surface area contributed by atoms with Gasteiger partial charge in [0, 0.05) is 31.9 Å². The highest BCUT2D eigenvalue weighted by Crippen LogP contribution is 2.28. The first-order valence-corrected chi connectivity index (χ1v) is 7.06. The highest BCUT2D eigenvalue weighted by Gasteiger charge is 2.20. The van der Waals surface area contributed by atoms with Crippen LogP contribution in [-0.4, -0.2) is 20.8 Å². The van der Waals surface area contributed by atoms with E-state index in [1.807, 2.05) is 26.1 Å². The summed E-state index contributed by atoms with van der Waals surface area (Å²) in [5, 5.41) is 8.16. The van der Waals surface area contributed by atoms with E-state index in [0.29, 0.717) is 22.8 Å². The molecule has 6 heteroatoms. The molecule has 0 saturated heterocycles. The predicted octanol–water partition coefficient (Wildman–Crippen LogP) is 2.82. The third-order valence-corrected chi connectivity index (χ3v) is 3.47. The Hall–Kier alpha value is -1.59. The summed E-state index contributed by atoms with van der Waals surface area (Å²) in [6, 6.07) is 4.41. The Kier molecular flexibility index (Phi) is 3.63. The molecule has 0 spiro atoms. The number of nitrogens with one attached hydrogen (secondary N) is 1. The van der Waals surface area contributed by atoms with Gasteiger partial charge in [-0.3, -0.25) is 0 Å². The molecule has 0 aromatic carbocycles. The zero-order valence-corrected chi connectivity index (χ0v) is 12.3. The van der Waals surface area contributed by atoms with Gasteiger partial charge in [0.25, 0.3) is 0 Å². The Labute approximate surface area is 122 Å². The van der Waals surface area contributed by atoms with Crippen molar-refractivity contribution in [3.63, 3.8) is 0 Å². The van der Waals surface area contributed by atoms with Gasteiger partial charge < -0.3 is 10.1 Å². The third kappa shape index (κ3) is 3.11. The highest BCUT2D eigenvalue weighted by molar-refractivity contribution is 6.31. The molecule has 3 rings (SSSR count). The summed E-state index contributed by atoms with van der Waals surface area (Å²) in [5.74, 6) is 1.03. The highest BCUT2D eigenvalue weighted by atomic mass is 35.5. The molecular weight excluding hydrogens is 276 g/mol. The van der Waals surface area contributed by atoms with Crippen molar-refractivity contribution < 1.29 is 4.74 Å². The quantitative estimate of drug-likeness (QED) is 0.921. The van der Waals surface area contributed by atoms with Gasteiger partial charge in [-0.05, 0) is 31.4 Å². The molecule has 1 saturated carbocycles. The zero-order valence-electron chi connectivity index (χ0n) is 11.6. The number of aromatic nitrogens is 3. The monoisotopic (exact) mass is 292 g/mol. The third-order valence-electron chi connectivity index (χ3n) is 3.20. The van der Waals surface area contributed by atoms with Crippen LogP contribution in [0.3, 0.4) is 0 Å². The number of halogens is 1. The van der Waals surface area contributed by atoms with Gasteiger partial charge >= 0.3 is 0 Å². The number of rotatable bonds is 5. The first-order chi connectivity index (χ1) is 9.61. The van der Waals surface area contributed by atoms with E-state index in [-0.39, 0.29) is 0 Å². The smallest absolute Gasteiger partial charge is 0.240 e. The minimum absolute atomic E-state index is 0.407. The number of aryl methyl sites for hydroxylation is 2. The average molecular weight is 293 g/mol. The van der Waals surface area contributed by atoms with Crippen LogP contribution in [0, 0.1) is 6.92 Å². The minimum Gasteiger partial charge on any atom is -0.419 e. The Morgan fingerprint density at radius 3 is 2.85 bits per heavy atom. The van der Waals surface area contributed by atoms with Crippen LogP contribution in [-0.2, 0) is 13.6 Å². The SMILES string of the molecule is Cc1cc(Oc2ncc(CNC3CC3)cc2Cl)n(C)n1. The summed E-state index contributed by atoms with van der Waals surface area (Å²) in [4.78, 5) is 4.29. The lowest BCUT2D eigenvalue weighted by Gasteiger charge is -2.08. The normalized spacial score (nSPS) is 14.6. The molecule has 0 aliphatic heterocycles. The van der Waals surface area contributed by atoms with Gasteiger partial charge in [-0.2, -0.15) is 5.10 Å². The second-order valence-corrected chi connectivity index (χ2v) is 5.54. The van der Waals surface area contributed by atoms with Crippen LogP contribution < -0.4 is 10.1 Å². The van der Waals surface area contributed by atoms with Crippen molar-refractivity contribution in [2.45, 2.75) is 32.4 Å². The topological polar surface area (TPSA) is 52.0 Å². The zero-order chi connectivity index (χ0) is 14.1. The van der Waals surface area contributed by atoms with Gasteiger partial charge in [0.2, 0.25) is 11.8 Å². The Bertz CT molecular complexity index is 622. The van der Waals surface area contributed by atoms with Crippen molar-refractivity contribution in [2.75, 3.05) is 0 Å². The van der Waals surface area contributed by atoms with Crippen LogP contribution in [0.5, 0.6) is 11.8 Å². The number of hydrogen-bond acceptors (Lipinski definition) is 4. The fraction of sp³-hybridized carbons (Fsp3) is 0.429. The van der Waals surface area contributed by atoms with Gasteiger partial charge in [-0.1, -0.05) is 11.6 Å². The van der Waals surface area contributed by atoms with Crippen molar-refractivity contribution in [1.29, 1.82) is 0 Å². The summed E-state index contributed by atoms with van der Waals surface area (Å²) in [5.41, 5.74) is 1.96. The molecule has 1 N–H and O–H groups in total. The van der Waals surface area contributed by atoms with Gasteiger partial charge in [0.1, 0.15) is 5.02 Å². The molecule has 20 heavy (non-hydrogen) atoms. The molecule has 5 nitrogen and oxygen atoms in total. The summed E-state index contributed by atoms with van der Waals surface area (Å²) >= 11 is 6.22.